The molecule has 0 bridgehead atoms. The van der Waals surface area contributed by atoms with Gasteiger partial charge in [-0.25, -0.2) is 9.78 Å². The molecule has 0 unspecified atom stereocenters. The number of benzene rings is 2. The molecule has 384 valence electrons. The topological polar surface area (TPSA) is 234 Å². The molecule has 71 heavy (non-hydrogen) atoms. The lowest BCUT2D eigenvalue weighted by atomic mass is 9.71. The molecule has 0 saturated carbocycles. The van der Waals surface area contributed by atoms with Crippen molar-refractivity contribution in [3.05, 3.63) is 87.5 Å². The minimum Gasteiger partial charge on any atom is -0.457 e. The number of carbonyl (C=O) groups is 6. The van der Waals surface area contributed by atoms with E-state index in [2.05, 4.69) is 16.9 Å². The molecule has 3 aromatic rings. The van der Waals surface area contributed by atoms with Crippen LogP contribution in [0.25, 0.3) is 10.2 Å². The maximum absolute atomic E-state index is 14.6. The van der Waals surface area contributed by atoms with Crippen LogP contribution in [-0.2, 0) is 49.5 Å². The van der Waals surface area contributed by atoms with Crippen molar-refractivity contribution in [1.29, 1.82) is 0 Å². The van der Waals surface area contributed by atoms with Crippen LogP contribution < -0.4 is 5.32 Å². The fourth-order valence-electron chi connectivity index (χ4n) is 9.57. The average molecular weight is 1000 g/mol. The summed E-state index contributed by atoms with van der Waals surface area (Å²) in [5.41, 5.74) is -0.778. The Bertz CT molecular complexity index is 2470. The summed E-state index contributed by atoms with van der Waals surface area (Å²) in [5, 5.41) is 27.3. The summed E-state index contributed by atoms with van der Waals surface area (Å²) in [4.78, 5) is 95.8. The molecule has 3 aliphatic rings. The molecule has 0 aliphatic carbocycles. The third kappa shape index (κ3) is 14.6. The van der Waals surface area contributed by atoms with Gasteiger partial charge < -0.3 is 29.4 Å². The van der Waals surface area contributed by atoms with E-state index in [1.54, 1.807) is 31.3 Å². The van der Waals surface area contributed by atoms with E-state index in [1.165, 1.54) is 35.3 Å². The monoisotopic (exact) mass is 1000 g/mol. The summed E-state index contributed by atoms with van der Waals surface area (Å²) in [5.74, 6) is -3.35. The number of cyclic esters (lactones) is 1. The largest absolute Gasteiger partial charge is 0.508 e. The number of nitrogens with zero attached hydrogens (tertiary/aromatic N) is 3. The second-order valence-electron chi connectivity index (χ2n) is 19.9. The third-order valence-electron chi connectivity index (χ3n) is 14.1. The molecule has 2 fully saturated rings. The van der Waals surface area contributed by atoms with Crippen LogP contribution in [0.5, 0.6) is 0 Å². The number of imide groups is 1. The number of aliphatic hydroxyl groups excluding tert-OH is 1. The van der Waals surface area contributed by atoms with Gasteiger partial charge in [-0.2, -0.15) is 0 Å². The van der Waals surface area contributed by atoms with Crippen LogP contribution in [0.15, 0.2) is 61.2 Å². The summed E-state index contributed by atoms with van der Waals surface area (Å²) in [6, 6.07) is 9.73. The maximum atomic E-state index is 14.6. The van der Waals surface area contributed by atoms with E-state index in [0.29, 0.717) is 37.8 Å². The van der Waals surface area contributed by atoms with Gasteiger partial charge in [-0.15, -0.1) is 17.9 Å². The summed E-state index contributed by atoms with van der Waals surface area (Å²) in [7, 11) is 0. The normalized spacial score (nSPS) is 24.8. The molecule has 1 aromatic heterocycles. The van der Waals surface area contributed by atoms with E-state index >= 15 is 0 Å². The maximum Gasteiger partial charge on any atom is 0.508 e. The molecule has 2 N–H and O–H groups in total. The van der Waals surface area contributed by atoms with Crippen LogP contribution in [0.3, 0.4) is 0 Å². The number of Topliss-reactive ketones (excluding diaryl/α,β-unsaturated/α-hetero) is 1. The van der Waals surface area contributed by atoms with Gasteiger partial charge in [0.2, 0.25) is 5.91 Å². The fourth-order valence-corrected chi connectivity index (χ4v) is 10.4. The molecule has 3 aliphatic heterocycles. The van der Waals surface area contributed by atoms with Crippen molar-refractivity contribution in [3.8, 4) is 0 Å². The molecule has 0 spiro atoms. The molecular weight excluding hydrogens is 933 g/mol. The van der Waals surface area contributed by atoms with Crippen LogP contribution in [0.4, 0.5) is 16.2 Å². The highest BCUT2D eigenvalue weighted by atomic mass is 32.1. The Morgan fingerprint density at radius 3 is 2.39 bits per heavy atom. The number of nitro groups is 1. The van der Waals surface area contributed by atoms with Crippen molar-refractivity contribution >= 4 is 68.6 Å². The lowest BCUT2D eigenvalue weighted by Gasteiger charge is -2.37. The average Bonchev–Trinajstić information content (AvgIpc) is 3.60. The summed E-state index contributed by atoms with van der Waals surface area (Å²) in [6.07, 6.45) is 8.41. The van der Waals surface area contributed by atoms with Crippen LogP contribution in [0, 0.1) is 34.3 Å². The molecular formula is C53H68N4O13S. The van der Waals surface area contributed by atoms with Crippen LogP contribution in [0.2, 0.25) is 0 Å². The molecule has 3 amide bonds. The van der Waals surface area contributed by atoms with E-state index < -0.39 is 76.8 Å². The van der Waals surface area contributed by atoms with Gasteiger partial charge in [0.25, 0.3) is 17.5 Å². The van der Waals surface area contributed by atoms with Crippen LogP contribution in [-0.4, -0.2) is 86.0 Å². The number of hydrogen-bond acceptors (Lipinski definition) is 15. The zero-order valence-corrected chi connectivity index (χ0v) is 42.3. The van der Waals surface area contributed by atoms with Crippen LogP contribution in [0.1, 0.15) is 146 Å². The first-order valence-electron chi connectivity index (χ1n) is 24.8. The highest BCUT2D eigenvalue weighted by Crippen LogP contribution is 2.47. The Morgan fingerprint density at radius 2 is 1.70 bits per heavy atom. The number of carbonyl (C=O) groups excluding carboxylic acids is 6. The molecule has 7 atom stereocenters. The molecule has 18 heteroatoms. The number of rotatable bonds is 19. The highest BCUT2D eigenvalue weighted by molar-refractivity contribution is 7.18. The molecule has 4 heterocycles. The Hall–Kier alpha value is -5.85. The van der Waals surface area contributed by atoms with Gasteiger partial charge >= 0.3 is 12.1 Å². The molecule has 2 aromatic carbocycles. The van der Waals surface area contributed by atoms with E-state index in [1.807, 2.05) is 39.0 Å². The smallest absolute Gasteiger partial charge is 0.457 e. The summed E-state index contributed by atoms with van der Waals surface area (Å²) < 4.78 is 24.7. The first kappa shape index (κ1) is 54.5. The van der Waals surface area contributed by atoms with Crippen molar-refractivity contribution < 1.29 is 57.7 Å². The molecule has 0 radical (unpaired) electrons. The zero-order valence-electron chi connectivity index (χ0n) is 41.5. The SMILES string of the molecule is C=CC[C@H]1C(=O)C(C)(C)[C@@H](OC(=O)OCc2ccc(NC(=O)CCCCCCCCCCN3C(=O)C=CC3=O)c([N+](=O)[O-])c2)CC(=O)O[C@H](c2ccc3sc(C)nc3c2)C[C@H]2O[C@@]2(C)CCC[C@H](C)[C@@H]1O. The Morgan fingerprint density at radius 1 is 1.01 bits per heavy atom. The van der Waals surface area contributed by atoms with Gasteiger partial charge in [-0.05, 0) is 95.0 Å². The number of unbranched alkanes of at least 4 members (excludes halogenated alkanes) is 7. The molecule has 2 saturated heterocycles. The lowest BCUT2D eigenvalue weighted by Crippen LogP contribution is -2.48. The number of aromatic nitrogens is 1. The van der Waals surface area contributed by atoms with Gasteiger partial charge in [-0.1, -0.05) is 70.1 Å². The number of anilines is 1. The predicted molar refractivity (Wildman–Crippen MR) is 266 cm³/mol. The quantitative estimate of drug-likeness (QED) is 0.0216. The van der Waals surface area contributed by atoms with E-state index in [9.17, 15) is 44.0 Å². The summed E-state index contributed by atoms with van der Waals surface area (Å²) in [6.45, 7) is 12.7. The lowest BCUT2D eigenvalue weighted by molar-refractivity contribution is -0.384. The number of aryl methyl sites for hydroxylation is 1. The second kappa shape index (κ2) is 24.5. The number of fused-ring (bicyclic) bond motifs is 2. The number of amides is 3. The predicted octanol–water partition coefficient (Wildman–Crippen LogP) is 10.1. The first-order chi connectivity index (χ1) is 33.8. The molecule has 6 rings (SSSR count). The van der Waals surface area contributed by atoms with Crippen molar-refractivity contribution in [2.75, 3.05) is 11.9 Å². The van der Waals surface area contributed by atoms with E-state index in [0.717, 1.165) is 66.6 Å². The zero-order chi connectivity index (χ0) is 51.5. The summed E-state index contributed by atoms with van der Waals surface area (Å²) >= 11 is 1.55. The number of ether oxygens (including phenoxy) is 4. The molecule has 17 nitrogen and oxygen atoms in total. The standard InChI is InChI=1S/C53H68N4O13S/c1-7-17-37-49(62)33(2)18-16-26-53(6)44(70-53)30-41(36-21-23-42-39(29-36)54-34(3)71-42)68-48(61)31-43(52(4,5)50(37)63)69-51(64)67-32-35-20-22-38(40(28-35)57(65)66)55-45(58)19-14-12-10-8-9-11-13-15-27-56-46(59)24-25-47(56)60/h7,20-25,28-29,33,37,41,43-44,49,62H,1,8-19,26-27,30-32H2,2-6H3,(H,55,58)/t33-,37+,41-,43-,44+,49-,53-/m0/s1. The Labute approximate surface area is 418 Å². The minimum absolute atomic E-state index is 0.0207. The number of epoxide rings is 1. The number of esters is 1. The minimum atomic E-state index is -1.56. The number of nitro benzene ring substituents is 1. The number of hydrogen-bond donors (Lipinski definition) is 2. The van der Waals surface area contributed by atoms with E-state index in [-0.39, 0.29) is 53.8 Å². The fraction of sp³-hybridized carbons (Fsp3) is 0.566. The van der Waals surface area contributed by atoms with Gasteiger partial charge in [0.1, 0.15) is 30.3 Å². The second-order valence-corrected chi connectivity index (χ2v) is 21.2. The number of aliphatic hydroxyl groups is 1. The number of allylic oxidation sites excluding steroid dienone is 1. The van der Waals surface area contributed by atoms with Crippen LogP contribution >= 0.6 is 11.3 Å². The Kier molecular flexibility index (Phi) is 18.8. The third-order valence-corrected chi connectivity index (χ3v) is 15.0. The van der Waals surface area contributed by atoms with Gasteiger partial charge in [0.15, 0.2) is 0 Å². The number of nitrogens with one attached hydrogen (secondary N) is 1. The van der Waals surface area contributed by atoms with Crippen molar-refractivity contribution in [2.45, 2.75) is 168 Å². The first-order valence-corrected chi connectivity index (χ1v) is 25.6. The van der Waals surface area contributed by atoms with Crippen molar-refractivity contribution in [2.24, 2.45) is 17.3 Å². The van der Waals surface area contributed by atoms with Crippen molar-refractivity contribution in [1.82, 2.24) is 9.88 Å². The highest BCUT2D eigenvalue weighted by Gasteiger charge is 2.53. The Balaban J connectivity index is 1.07. The number of thiazole rings is 1. The van der Waals surface area contributed by atoms with E-state index in [4.69, 9.17) is 18.9 Å². The van der Waals surface area contributed by atoms with Gasteiger partial charge in [-0.3, -0.25) is 39.0 Å². The van der Waals surface area contributed by atoms with Gasteiger partial charge in [0, 0.05) is 43.5 Å². The number of ketones is 1. The van der Waals surface area contributed by atoms with Gasteiger partial charge in [0.05, 0.1) is 49.8 Å². The van der Waals surface area contributed by atoms with Crippen molar-refractivity contribution in [3.63, 3.8) is 0 Å².